The monoisotopic (exact) mass is 983 g/mol. The first-order chi connectivity index (χ1) is 33.1. The van der Waals surface area contributed by atoms with Crippen LogP contribution in [0.3, 0.4) is 0 Å². The number of carbonyl (C=O) groups excluding carboxylic acids is 1. The van der Waals surface area contributed by atoms with Crippen LogP contribution in [0.1, 0.15) is 219 Å². The molecule has 12 nitrogen and oxygen atoms in total. The van der Waals surface area contributed by atoms with Crippen LogP contribution in [0.5, 0.6) is 0 Å². The lowest BCUT2D eigenvalue weighted by Crippen LogP contribution is -2.60. The first-order valence-electron chi connectivity index (χ1n) is 27.0. The van der Waals surface area contributed by atoms with E-state index < -0.39 is 59.8 Å². The Hall–Kier alpha value is -2.20. The maximum atomic E-state index is 12.9. The van der Waals surface area contributed by atoms with Gasteiger partial charge in [-0.25, -0.2) is 4.18 Å². The third kappa shape index (κ3) is 38.5. The fraction of sp³-hybridized carbons (Fsp3) is 0.800. The summed E-state index contributed by atoms with van der Waals surface area (Å²) in [7, 11) is -5.07. The van der Waals surface area contributed by atoms with E-state index in [2.05, 4.69) is 78.8 Å². The molecule has 68 heavy (non-hydrogen) atoms. The van der Waals surface area contributed by atoms with E-state index in [4.69, 9.17) is 18.9 Å². The third-order valence-corrected chi connectivity index (χ3v) is 12.6. The molecule has 1 aliphatic rings. The van der Waals surface area contributed by atoms with Crippen molar-refractivity contribution in [1.29, 1.82) is 0 Å². The summed E-state index contributed by atoms with van der Waals surface area (Å²) in [6, 6.07) is 0. The molecule has 0 bridgehead atoms. The molecule has 1 aliphatic heterocycles. The van der Waals surface area contributed by atoms with E-state index in [-0.39, 0.29) is 19.6 Å². The number of allylic oxidation sites excluding steroid dienone is 10. The highest BCUT2D eigenvalue weighted by atomic mass is 32.3. The fourth-order valence-electron chi connectivity index (χ4n) is 8.07. The normalized spacial score (nSPS) is 19.8. The van der Waals surface area contributed by atoms with E-state index in [1.54, 1.807) is 0 Å². The summed E-state index contributed by atoms with van der Waals surface area (Å²) in [5.74, 6) is -0.416. The lowest BCUT2D eigenvalue weighted by Gasteiger charge is -2.41. The average Bonchev–Trinajstić information content (AvgIpc) is 3.31. The Morgan fingerprint density at radius 2 is 1.01 bits per heavy atom. The average molecular weight is 983 g/mol. The number of hydrogen-bond donors (Lipinski definition) is 4. The Morgan fingerprint density at radius 1 is 0.574 bits per heavy atom. The van der Waals surface area contributed by atoms with Crippen LogP contribution in [0.2, 0.25) is 0 Å². The maximum absolute atomic E-state index is 12.9. The number of hydrogen-bond acceptors (Lipinski definition) is 11. The quantitative estimate of drug-likeness (QED) is 0.0197. The Morgan fingerprint density at radius 3 is 1.49 bits per heavy atom. The molecule has 0 saturated carbocycles. The smallest absolute Gasteiger partial charge is 0.397 e. The first-order valence-corrected chi connectivity index (χ1v) is 28.4. The van der Waals surface area contributed by atoms with Crippen molar-refractivity contribution in [3.63, 3.8) is 0 Å². The highest BCUT2D eigenvalue weighted by molar-refractivity contribution is 7.80. The molecule has 13 heteroatoms. The number of aliphatic hydroxyl groups excluding tert-OH is 3. The molecule has 0 aromatic heterocycles. The molecular weight excluding hydrogens is 885 g/mol. The Bertz CT molecular complexity index is 1410. The van der Waals surface area contributed by atoms with E-state index in [0.29, 0.717) is 13.0 Å². The van der Waals surface area contributed by atoms with E-state index >= 15 is 0 Å². The highest BCUT2D eigenvalue weighted by Crippen LogP contribution is 2.26. The second kappa shape index (κ2) is 45.9. The zero-order chi connectivity index (χ0) is 49.6. The molecule has 1 heterocycles. The van der Waals surface area contributed by atoms with E-state index in [0.717, 1.165) is 77.0 Å². The van der Waals surface area contributed by atoms with Gasteiger partial charge in [-0.05, 0) is 77.0 Å². The molecule has 396 valence electrons. The second-order valence-electron chi connectivity index (χ2n) is 18.4. The van der Waals surface area contributed by atoms with Crippen molar-refractivity contribution in [1.82, 2.24) is 0 Å². The predicted molar refractivity (Wildman–Crippen MR) is 276 cm³/mol. The molecule has 6 atom stereocenters. The summed E-state index contributed by atoms with van der Waals surface area (Å²) < 4.78 is 59.3. The topological polar surface area (TPSA) is 178 Å². The Kier molecular flexibility index (Phi) is 43.1. The van der Waals surface area contributed by atoms with E-state index in [1.807, 2.05) is 0 Å². The predicted octanol–water partition coefficient (Wildman–Crippen LogP) is 12.9. The van der Waals surface area contributed by atoms with Crippen LogP contribution in [-0.2, 0) is 38.3 Å². The van der Waals surface area contributed by atoms with Crippen LogP contribution in [0.25, 0.3) is 0 Å². The van der Waals surface area contributed by atoms with Gasteiger partial charge >= 0.3 is 16.4 Å². The van der Waals surface area contributed by atoms with Gasteiger partial charge < -0.3 is 34.3 Å². The number of ether oxygens (including phenoxy) is 4. The van der Waals surface area contributed by atoms with Crippen LogP contribution >= 0.6 is 0 Å². The summed E-state index contributed by atoms with van der Waals surface area (Å²) in [5.41, 5.74) is 0. The molecule has 1 fully saturated rings. The largest absolute Gasteiger partial charge is 0.457 e. The van der Waals surface area contributed by atoms with Gasteiger partial charge in [-0.2, -0.15) is 8.42 Å². The molecular formula is C55H98O12S. The second-order valence-corrected chi connectivity index (χ2v) is 19.5. The molecule has 4 N–H and O–H groups in total. The summed E-state index contributed by atoms with van der Waals surface area (Å²) in [6.45, 7) is 3.86. The highest BCUT2D eigenvalue weighted by Gasteiger charge is 2.48. The molecule has 0 amide bonds. The summed E-state index contributed by atoms with van der Waals surface area (Å²) in [6.07, 6.45) is 49.8. The van der Waals surface area contributed by atoms with Gasteiger partial charge in [-0.1, -0.05) is 197 Å². The minimum Gasteiger partial charge on any atom is -0.457 e. The molecule has 0 radical (unpaired) electrons. The number of carbonyl (C=O) groups is 1. The molecule has 0 aromatic rings. The zero-order valence-corrected chi connectivity index (χ0v) is 43.5. The van der Waals surface area contributed by atoms with Gasteiger partial charge in [0.2, 0.25) is 0 Å². The van der Waals surface area contributed by atoms with Gasteiger partial charge in [0, 0.05) is 13.0 Å². The molecule has 0 aromatic carbocycles. The van der Waals surface area contributed by atoms with Crippen molar-refractivity contribution in [3.8, 4) is 0 Å². The zero-order valence-electron chi connectivity index (χ0n) is 42.7. The molecule has 1 saturated heterocycles. The Labute approximate surface area is 414 Å². The summed E-state index contributed by atoms with van der Waals surface area (Å²) >= 11 is 0. The van der Waals surface area contributed by atoms with Crippen molar-refractivity contribution in [3.05, 3.63) is 60.8 Å². The summed E-state index contributed by atoms with van der Waals surface area (Å²) in [4.78, 5) is 12.9. The Balaban J connectivity index is 2.29. The minimum absolute atomic E-state index is 0.0273. The van der Waals surface area contributed by atoms with Crippen molar-refractivity contribution in [2.24, 2.45) is 0 Å². The molecule has 0 aliphatic carbocycles. The number of esters is 1. The van der Waals surface area contributed by atoms with Crippen LogP contribution in [-0.4, -0.2) is 97.5 Å². The van der Waals surface area contributed by atoms with E-state index in [1.165, 1.54) is 116 Å². The molecule has 0 spiro atoms. The lowest BCUT2D eigenvalue weighted by atomic mass is 9.99. The van der Waals surface area contributed by atoms with Gasteiger partial charge in [-0.3, -0.25) is 9.35 Å². The fourth-order valence-corrected chi connectivity index (χ4v) is 8.58. The van der Waals surface area contributed by atoms with Crippen LogP contribution < -0.4 is 0 Å². The van der Waals surface area contributed by atoms with Gasteiger partial charge in [0.25, 0.3) is 0 Å². The first kappa shape index (κ1) is 63.8. The van der Waals surface area contributed by atoms with Crippen molar-refractivity contribution < 1.29 is 56.2 Å². The van der Waals surface area contributed by atoms with Gasteiger partial charge in [-0.15, -0.1) is 0 Å². The van der Waals surface area contributed by atoms with Crippen LogP contribution in [0.15, 0.2) is 60.8 Å². The van der Waals surface area contributed by atoms with Crippen LogP contribution in [0, 0.1) is 0 Å². The number of unbranched alkanes of at least 4 members (excludes halogenated alkanes) is 24. The minimum atomic E-state index is -5.07. The third-order valence-electron chi connectivity index (χ3n) is 12.1. The van der Waals surface area contributed by atoms with Gasteiger partial charge in [0.05, 0.1) is 19.8 Å². The van der Waals surface area contributed by atoms with Crippen molar-refractivity contribution in [2.45, 2.75) is 256 Å². The molecule has 6 unspecified atom stereocenters. The van der Waals surface area contributed by atoms with Crippen LogP contribution in [0.4, 0.5) is 0 Å². The van der Waals surface area contributed by atoms with E-state index in [9.17, 15) is 33.1 Å². The standard InChI is InChI=1S/C55H98O12S/c1-3-5-7-9-11-13-15-17-19-20-21-22-23-24-25-26-27-28-29-31-33-35-37-39-41-43-45-63-47-49(48-64-55-53(59)54(67-68(60,61)62)52(58)50(46-56)66-55)65-51(57)44-42-40-38-36-34-32-30-18-16-14-12-10-8-6-4-2/h6,8,12,14-15,17-18,20-21,30,49-50,52-56,58-59H,3-5,7,9-11,13,16,19,22-29,31-48H2,1-2H3,(H,60,61,62)/b8-6-,14-12-,17-15-,21-20-,30-18-. The van der Waals surface area contributed by atoms with Gasteiger partial charge in [0.1, 0.15) is 30.5 Å². The SMILES string of the molecule is CC/C=C\C/C=C\C/C=C\CCCCCCCC(=O)OC(COCCCCCCCCCCCCCCCC/C=C\C/C=C\CCCCCCC)COC1OC(CO)C(O)C(OS(=O)(=O)O)C1O. The van der Waals surface area contributed by atoms with Crippen molar-refractivity contribution in [2.75, 3.05) is 26.4 Å². The van der Waals surface area contributed by atoms with Crippen molar-refractivity contribution >= 4 is 16.4 Å². The lowest BCUT2D eigenvalue weighted by molar-refractivity contribution is -0.301. The number of aliphatic hydroxyl groups is 3. The number of rotatable bonds is 47. The molecule has 1 rings (SSSR count). The maximum Gasteiger partial charge on any atom is 0.397 e. The van der Waals surface area contributed by atoms with Gasteiger partial charge in [0.15, 0.2) is 6.29 Å². The summed E-state index contributed by atoms with van der Waals surface area (Å²) in [5, 5.41) is 30.8.